The Bertz CT molecular complexity index is 1380. The third-order valence-corrected chi connectivity index (χ3v) is 6.88. The molecule has 4 rings (SSSR count). The molecule has 0 saturated heterocycles. The lowest BCUT2D eigenvalue weighted by molar-refractivity contribution is 0.391. The first-order valence-corrected chi connectivity index (χ1v) is 12.4. The van der Waals surface area contributed by atoms with E-state index in [4.69, 9.17) is 21.1 Å². The summed E-state index contributed by atoms with van der Waals surface area (Å²) in [5, 5.41) is 3.54. The van der Waals surface area contributed by atoms with Crippen molar-refractivity contribution in [2.45, 2.75) is 24.9 Å². The van der Waals surface area contributed by atoms with Crippen molar-refractivity contribution in [1.29, 1.82) is 0 Å². The van der Waals surface area contributed by atoms with Gasteiger partial charge >= 0.3 is 0 Å². The van der Waals surface area contributed by atoms with Gasteiger partial charge in [0.2, 0.25) is 0 Å². The monoisotopic (exact) mass is 542 g/mol. The van der Waals surface area contributed by atoms with Gasteiger partial charge < -0.3 is 14.8 Å². The molecule has 0 aliphatic carbocycles. The Morgan fingerprint density at radius 1 is 0.973 bits per heavy atom. The lowest BCUT2D eigenvalue weighted by Crippen LogP contribution is -2.16. The average molecular weight is 543 g/mol. The molecular weight excluding hydrogens is 518 g/mol. The third-order valence-electron chi connectivity index (χ3n) is 5.59. The summed E-state index contributed by atoms with van der Waals surface area (Å²) in [5.74, 6) is 1.11. The number of anilines is 2. The zero-order valence-electron chi connectivity index (χ0n) is 20.5. The zero-order valence-corrected chi connectivity index (χ0v) is 22.0. The van der Waals surface area contributed by atoms with Crippen LogP contribution in [-0.4, -0.2) is 24.2 Å². The number of nitrogens with one attached hydrogen (secondary N) is 1. The summed E-state index contributed by atoms with van der Waals surface area (Å²) in [6, 6.07) is 14.8. The van der Waals surface area contributed by atoms with Crippen LogP contribution in [0.15, 0.2) is 72.0 Å². The van der Waals surface area contributed by atoms with Crippen molar-refractivity contribution >= 4 is 35.1 Å². The second kappa shape index (κ2) is 12.1. The molecule has 0 unspecified atom stereocenters. The molecule has 0 aliphatic heterocycles. The fourth-order valence-corrected chi connectivity index (χ4v) is 4.84. The van der Waals surface area contributed by atoms with Gasteiger partial charge in [-0.2, -0.15) is 0 Å². The van der Waals surface area contributed by atoms with E-state index in [1.54, 1.807) is 44.7 Å². The Kier molecular flexibility index (Phi) is 8.68. The summed E-state index contributed by atoms with van der Waals surface area (Å²) >= 11 is 7.19. The van der Waals surface area contributed by atoms with Gasteiger partial charge in [-0.05, 0) is 73.0 Å². The summed E-state index contributed by atoms with van der Waals surface area (Å²) < 4.78 is 42.1. The smallest absolute Gasteiger partial charge is 0.142 e. The van der Waals surface area contributed by atoms with Gasteiger partial charge in [-0.15, -0.1) is 0 Å². The molecule has 0 saturated carbocycles. The predicted molar refractivity (Wildman–Crippen MR) is 143 cm³/mol. The number of benzene rings is 3. The first-order chi connectivity index (χ1) is 17.9. The molecule has 0 radical (unpaired) electrons. The highest BCUT2D eigenvalue weighted by molar-refractivity contribution is 8.00. The van der Waals surface area contributed by atoms with Crippen molar-refractivity contribution in [3.63, 3.8) is 0 Å². The molecule has 0 bridgehead atoms. The number of rotatable bonds is 10. The molecule has 0 amide bonds. The standard InChI is InChI=1S/C27H25ClF2N4O2S/c1-17-10-26(23(30)13-24(17)32-14-19-11-20(28)5-7-22(19)29)37-34(27-8-9-31-16-33-27)15-18-4-6-21(35-2)12-25(18)36-3/h4-13,16,32H,14-15H2,1-3H3. The first kappa shape index (κ1) is 26.5. The Morgan fingerprint density at radius 3 is 2.54 bits per heavy atom. The second-order valence-corrected chi connectivity index (χ2v) is 9.56. The van der Waals surface area contributed by atoms with Crippen molar-refractivity contribution in [2.24, 2.45) is 0 Å². The van der Waals surface area contributed by atoms with Crippen LogP contribution in [0.3, 0.4) is 0 Å². The molecule has 10 heteroatoms. The molecule has 37 heavy (non-hydrogen) atoms. The minimum Gasteiger partial charge on any atom is -0.497 e. The van der Waals surface area contributed by atoms with E-state index >= 15 is 4.39 Å². The van der Waals surface area contributed by atoms with Crippen LogP contribution in [0.2, 0.25) is 5.02 Å². The van der Waals surface area contributed by atoms with Crippen LogP contribution in [0.4, 0.5) is 20.3 Å². The summed E-state index contributed by atoms with van der Waals surface area (Å²) in [4.78, 5) is 8.75. The molecular formula is C27H25ClF2N4O2S. The number of hydrogen-bond acceptors (Lipinski definition) is 7. The maximum atomic E-state index is 15.3. The topological polar surface area (TPSA) is 59.5 Å². The fourth-order valence-electron chi connectivity index (χ4n) is 3.63. The molecule has 6 nitrogen and oxygen atoms in total. The van der Waals surface area contributed by atoms with Gasteiger partial charge in [0.25, 0.3) is 0 Å². The van der Waals surface area contributed by atoms with E-state index in [0.717, 1.165) is 11.1 Å². The third kappa shape index (κ3) is 6.61. The molecule has 192 valence electrons. The maximum absolute atomic E-state index is 15.3. The molecule has 3 aromatic carbocycles. The van der Waals surface area contributed by atoms with E-state index in [1.165, 1.54) is 36.5 Å². The highest BCUT2D eigenvalue weighted by Crippen LogP contribution is 2.36. The molecule has 1 heterocycles. The highest BCUT2D eigenvalue weighted by Gasteiger charge is 2.18. The van der Waals surface area contributed by atoms with Gasteiger partial charge in [0.05, 0.1) is 25.7 Å². The van der Waals surface area contributed by atoms with Crippen LogP contribution in [0.1, 0.15) is 16.7 Å². The van der Waals surface area contributed by atoms with Gasteiger partial charge in [-0.3, -0.25) is 4.31 Å². The highest BCUT2D eigenvalue weighted by atomic mass is 35.5. The number of halogens is 3. The Morgan fingerprint density at radius 2 is 1.81 bits per heavy atom. The Labute approximate surface area is 223 Å². The van der Waals surface area contributed by atoms with E-state index in [2.05, 4.69) is 15.3 Å². The van der Waals surface area contributed by atoms with Crippen molar-refractivity contribution in [3.8, 4) is 11.5 Å². The van der Waals surface area contributed by atoms with Crippen molar-refractivity contribution in [3.05, 3.63) is 100 Å². The van der Waals surface area contributed by atoms with Crippen LogP contribution >= 0.6 is 23.5 Å². The Hall–Kier alpha value is -3.56. The summed E-state index contributed by atoms with van der Waals surface area (Å²) in [7, 11) is 3.18. The number of methoxy groups -OCH3 is 2. The lowest BCUT2D eigenvalue weighted by Gasteiger charge is -2.24. The van der Waals surface area contributed by atoms with E-state index in [0.29, 0.717) is 45.0 Å². The van der Waals surface area contributed by atoms with Crippen molar-refractivity contribution in [1.82, 2.24) is 9.97 Å². The van der Waals surface area contributed by atoms with E-state index in [-0.39, 0.29) is 12.4 Å². The number of aromatic nitrogens is 2. The number of hydrogen-bond donors (Lipinski definition) is 1. The molecule has 0 atom stereocenters. The van der Waals surface area contributed by atoms with Gasteiger partial charge in [0.15, 0.2) is 0 Å². The molecule has 0 fully saturated rings. The van der Waals surface area contributed by atoms with Gasteiger partial charge in [0.1, 0.15) is 35.3 Å². The normalized spacial score (nSPS) is 10.8. The number of ether oxygens (including phenoxy) is 2. The lowest BCUT2D eigenvalue weighted by atomic mass is 10.1. The number of nitrogens with zero attached hydrogens (tertiary/aromatic N) is 3. The molecule has 1 N–H and O–H groups in total. The SMILES string of the molecule is COc1ccc(CN(Sc2cc(C)c(NCc3cc(Cl)ccc3F)cc2F)c2ccncn2)c(OC)c1. The fraction of sp³-hybridized carbons (Fsp3) is 0.185. The van der Waals surface area contributed by atoms with Gasteiger partial charge in [-0.1, -0.05) is 11.6 Å². The Balaban J connectivity index is 1.58. The molecule has 0 aliphatic rings. The summed E-state index contributed by atoms with van der Waals surface area (Å²) in [6.45, 7) is 2.41. The summed E-state index contributed by atoms with van der Waals surface area (Å²) in [6.07, 6.45) is 3.07. The first-order valence-electron chi connectivity index (χ1n) is 11.3. The van der Waals surface area contributed by atoms with Crippen LogP contribution in [0.5, 0.6) is 11.5 Å². The van der Waals surface area contributed by atoms with Gasteiger partial charge in [0, 0.05) is 40.6 Å². The van der Waals surface area contributed by atoms with E-state index < -0.39 is 5.82 Å². The molecule has 0 spiro atoms. The largest absolute Gasteiger partial charge is 0.497 e. The second-order valence-electron chi connectivity index (χ2n) is 8.06. The summed E-state index contributed by atoms with van der Waals surface area (Å²) in [5.41, 5.74) is 2.63. The van der Waals surface area contributed by atoms with Crippen LogP contribution in [0.25, 0.3) is 0 Å². The van der Waals surface area contributed by atoms with Crippen LogP contribution in [-0.2, 0) is 13.1 Å². The van der Waals surface area contributed by atoms with Crippen LogP contribution < -0.4 is 19.1 Å². The minimum atomic E-state index is -0.426. The van der Waals surface area contributed by atoms with Crippen molar-refractivity contribution < 1.29 is 18.3 Å². The van der Waals surface area contributed by atoms with Crippen LogP contribution in [0, 0.1) is 18.6 Å². The van der Waals surface area contributed by atoms with E-state index in [1.807, 2.05) is 23.4 Å². The average Bonchev–Trinajstić information content (AvgIpc) is 2.91. The van der Waals surface area contributed by atoms with Gasteiger partial charge in [-0.25, -0.2) is 18.7 Å². The van der Waals surface area contributed by atoms with Crippen molar-refractivity contribution in [2.75, 3.05) is 23.8 Å². The van der Waals surface area contributed by atoms with E-state index in [9.17, 15) is 4.39 Å². The number of aryl methyl sites for hydroxylation is 1. The quantitative estimate of drug-likeness (QED) is 0.215. The molecule has 1 aromatic heterocycles. The maximum Gasteiger partial charge on any atom is 0.142 e. The molecule has 4 aromatic rings. The minimum absolute atomic E-state index is 0.170. The predicted octanol–water partition coefficient (Wildman–Crippen LogP) is 7.06. The zero-order chi connectivity index (χ0) is 26.4.